The van der Waals surface area contributed by atoms with Gasteiger partial charge in [-0.1, -0.05) is 0 Å². The first-order valence-electron chi connectivity index (χ1n) is 4.86. The minimum atomic E-state index is -3.41. The lowest BCUT2D eigenvalue weighted by Crippen LogP contribution is -2.07. The third-order valence-electron chi connectivity index (χ3n) is 1.68. The number of aryl methyl sites for hydroxylation is 1. The molecule has 1 aromatic rings. The fourth-order valence-electron chi connectivity index (χ4n) is 1.14. The number of oxazole rings is 1. The summed E-state index contributed by atoms with van der Waals surface area (Å²) in [5.41, 5.74) is 0.572. The molecule has 0 aromatic carbocycles. The smallest absolute Gasteiger partial charge is 0.308 e. The van der Waals surface area contributed by atoms with Gasteiger partial charge in [0.05, 0.1) is 19.5 Å². The molecular formula is C9H15NO5S. The van der Waals surface area contributed by atoms with Crippen LogP contribution in [0, 0.1) is 6.92 Å². The van der Waals surface area contributed by atoms with Crippen LogP contribution in [0.25, 0.3) is 0 Å². The monoisotopic (exact) mass is 249 g/mol. The Morgan fingerprint density at radius 2 is 2.12 bits per heavy atom. The lowest BCUT2D eigenvalue weighted by molar-refractivity contribution is 0.246. The minimum absolute atomic E-state index is 0.0326. The van der Waals surface area contributed by atoms with Crippen LogP contribution in [0.1, 0.15) is 18.5 Å². The molecule has 0 fully saturated rings. The van der Waals surface area contributed by atoms with Gasteiger partial charge in [-0.2, -0.15) is 8.42 Å². The van der Waals surface area contributed by atoms with Crippen LogP contribution >= 0.6 is 0 Å². The molecule has 0 atom stereocenters. The van der Waals surface area contributed by atoms with Crippen molar-refractivity contribution in [2.75, 3.05) is 19.5 Å². The maximum absolute atomic E-state index is 10.7. The summed E-state index contributed by atoms with van der Waals surface area (Å²) in [6.07, 6.45) is 1.34. The first-order valence-corrected chi connectivity index (χ1v) is 6.67. The van der Waals surface area contributed by atoms with Gasteiger partial charge in [0.25, 0.3) is 10.1 Å². The molecule has 0 aliphatic rings. The van der Waals surface area contributed by atoms with E-state index in [0.29, 0.717) is 30.6 Å². The van der Waals surface area contributed by atoms with Crippen molar-refractivity contribution in [3.8, 4) is 5.95 Å². The number of hydrogen-bond donors (Lipinski definition) is 0. The topological polar surface area (TPSA) is 78.6 Å². The number of hydrogen-bond acceptors (Lipinski definition) is 6. The van der Waals surface area contributed by atoms with Gasteiger partial charge in [-0.3, -0.25) is 4.18 Å². The zero-order valence-corrected chi connectivity index (χ0v) is 10.3. The van der Waals surface area contributed by atoms with E-state index in [1.807, 2.05) is 6.92 Å². The average Bonchev–Trinajstić information content (AvgIpc) is 2.45. The highest BCUT2D eigenvalue weighted by Crippen LogP contribution is 2.20. The predicted octanol–water partition coefficient (Wildman–Crippen LogP) is 0.900. The number of nitrogens with zero attached hydrogens (tertiary/aromatic N) is 1. The summed E-state index contributed by atoms with van der Waals surface area (Å²) in [6, 6.07) is 0. The van der Waals surface area contributed by atoms with Crippen molar-refractivity contribution in [1.82, 2.24) is 4.98 Å². The van der Waals surface area contributed by atoms with Gasteiger partial charge in [-0.05, 0) is 6.92 Å². The SMILES string of the molecule is CCOc1oc(C)nc1CCOS(C)(=O)=O. The Labute approximate surface area is 94.7 Å². The van der Waals surface area contributed by atoms with E-state index < -0.39 is 10.1 Å². The molecule has 1 aromatic heterocycles. The molecule has 0 N–H and O–H groups in total. The van der Waals surface area contributed by atoms with Crippen molar-refractivity contribution >= 4 is 10.1 Å². The normalized spacial score (nSPS) is 11.7. The summed E-state index contributed by atoms with van der Waals surface area (Å²) in [4.78, 5) is 4.08. The van der Waals surface area contributed by atoms with Crippen LogP contribution in [0.5, 0.6) is 5.95 Å². The van der Waals surface area contributed by atoms with Crippen molar-refractivity contribution in [2.24, 2.45) is 0 Å². The molecule has 0 saturated heterocycles. The van der Waals surface area contributed by atoms with E-state index >= 15 is 0 Å². The zero-order valence-electron chi connectivity index (χ0n) is 9.52. The second-order valence-electron chi connectivity index (χ2n) is 3.18. The first-order chi connectivity index (χ1) is 7.42. The molecule has 1 heterocycles. The van der Waals surface area contributed by atoms with Gasteiger partial charge in [0.2, 0.25) is 0 Å². The summed E-state index contributed by atoms with van der Waals surface area (Å²) in [5.74, 6) is 0.815. The molecule has 7 heteroatoms. The maximum atomic E-state index is 10.7. The van der Waals surface area contributed by atoms with Crippen molar-refractivity contribution in [3.63, 3.8) is 0 Å². The standard InChI is InChI=1S/C9H15NO5S/c1-4-13-9-8(10-7(2)15-9)5-6-14-16(3,11)12/h4-6H2,1-3H3. The Bertz CT molecular complexity index is 437. The van der Waals surface area contributed by atoms with E-state index in [4.69, 9.17) is 9.15 Å². The van der Waals surface area contributed by atoms with Crippen LogP contribution in [0.3, 0.4) is 0 Å². The highest BCUT2D eigenvalue weighted by atomic mass is 32.2. The molecular weight excluding hydrogens is 234 g/mol. The van der Waals surface area contributed by atoms with Gasteiger partial charge in [0.1, 0.15) is 5.69 Å². The van der Waals surface area contributed by atoms with Crippen LogP contribution in [0.2, 0.25) is 0 Å². The summed E-state index contributed by atoms with van der Waals surface area (Å²) in [6.45, 7) is 4.03. The van der Waals surface area contributed by atoms with Crippen molar-refractivity contribution in [2.45, 2.75) is 20.3 Å². The Balaban J connectivity index is 2.59. The maximum Gasteiger partial charge on any atom is 0.308 e. The van der Waals surface area contributed by atoms with Gasteiger partial charge in [0, 0.05) is 13.3 Å². The largest absolute Gasteiger partial charge is 0.464 e. The zero-order chi connectivity index (χ0) is 12.2. The highest BCUT2D eigenvalue weighted by molar-refractivity contribution is 7.85. The molecule has 0 unspecified atom stereocenters. The quantitative estimate of drug-likeness (QED) is 0.697. The number of rotatable bonds is 6. The van der Waals surface area contributed by atoms with Gasteiger partial charge in [0.15, 0.2) is 5.89 Å². The van der Waals surface area contributed by atoms with Gasteiger partial charge >= 0.3 is 5.95 Å². The second-order valence-corrected chi connectivity index (χ2v) is 4.82. The Kier molecular flexibility index (Phi) is 4.31. The molecule has 0 saturated carbocycles. The molecule has 0 aliphatic heterocycles. The van der Waals surface area contributed by atoms with Crippen LogP contribution in [-0.2, 0) is 20.7 Å². The first kappa shape index (κ1) is 13.0. The van der Waals surface area contributed by atoms with Crippen molar-refractivity contribution in [3.05, 3.63) is 11.6 Å². The van der Waals surface area contributed by atoms with Crippen molar-refractivity contribution in [1.29, 1.82) is 0 Å². The fourth-order valence-corrected chi connectivity index (χ4v) is 1.53. The lowest BCUT2D eigenvalue weighted by atomic mass is 10.3. The number of ether oxygens (including phenoxy) is 1. The predicted molar refractivity (Wildman–Crippen MR) is 56.9 cm³/mol. The van der Waals surface area contributed by atoms with Crippen LogP contribution < -0.4 is 4.74 Å². The molecule has 92 valence electrons. The van der Waals surface area contributed by atoms with Crippen molar-refractivity contribution < 1.29 is 21.8 Å². The van der Waals surface area contributed by atoms with Gasteiger partial charge in [-0.15, -0.1) is 0 Å². The summed E-state index contributed by atoms with van der Waals surface area (Å²) >= 11 is 0. The van der Waals surface area contributed by atoms with E-state index in [2.05, 4.69) is 9.17 Å². The molecule has 0 spiro atoms. The van der Waals surface area contributed by atoms with Gasteiger partial charge in [-0.25, -0.2) is 4.98 Å². The summed E-state index contributed by atoms with van der Waals surface area (Å²) in [5, 5.41) is 0. The van der Waals surface area contributed by atoms with E-state index in [0.717, 1.165) is 6.26 Å². The molecule has 1 rings (SSSR count). The molecule has 0 radical (unpaired) electrons. The summed E-state index contributed by atoms with van der Waals surface area (Å²) in [7, 11) is -3.41. The third kappa shape index (κ3) is 4.19. The van der Waals surface area contributed by atoms with E-state index in [9.17, 15) is 8.42 Å². The number of aromatic nitrogens is 1. The molecule has 0 amide bonds. The lowest BCUT2D eigenvalue weighted by Gasteiger charge is -2.01. The Hall–Kier alpha value is -1.08. The second kappa shape index (κ2) is 5.31. The molecule has 0 bridgehead atoms. The Morgan fingerprint density at radius 3 is 2.69 bits per heavy atom. The van der Waals surface area contributed by atoms with E-state index in [1.165, 1.54) is 0 Å². The van der Waals surface area contributed by atoms with Crippen LogP contribution in [0.4, 0.5) is 0 Å². The molecule has 0 aliphatic carbocycles. The van der Waals surface area contributed by atoms with Gasteiger partial charge < -0.3 is 9.15 Å². The molecule has 16 heavy (non-hydrogen) atoms. The van der Waals surface area contributed by atoms with Crippen LogP contribution in [-0.4, -0.2) is 32.9 Å². The van der Waals surface area contributed by atoms with E-state index in [-0.39, 0.29) is 6.61 Å². The third-order valence-corrected chi connectivity index (χ3v) is 2.27. The minimum Gasteiger partial charge on any atom is -0.464 e. The Morgan fingerprint density at radius 1 is 1.44 bits per heavy atom. The summed E-state index contributed by atoms with van der Waals surface area (Å²) < 4.78 is 36.5. The van der Waals surface area contributed by atoms with Crippen LogP contribution in [0.15, 0.2) is 4.42 Å². The fraction of sp³-hybridized carbons (Fsp3) is 0.667. The average molecular weight is 249 g/mol. The van der Waals surface area contributed by atoms with E-state index in [1.54, 1.807) is 6.92 Å². The molecule has 6 nitrogen and oxygen atoms in total. The highest BCUT2D eigenvalue weighted by Gasteiger charge is 2.13.